The molecule has 6 nitrogen and oxygen atoms in total. The molecule has 0 atom stereocenters. The molecule has 0 radical (unpaired) electrons. The Morgan fingerprint density at radius 1 is 1.19 bits per heavy atom. The van der Waals surface area contributed by atoms with Crippen molar-refractivity contribution in [1.82, 2.24) is 15.2 Å². The van der Waals surface area contributed by atoms with Crippen LogP contribution in [-0.2, 0) is 17.4 Å². The molecule has 0 saturated heterocycles. The van der Waals surface area contributed by atoms with E-state index >= 15 is 0 Å². The third-order valence-electron chi connectivity index (χ3n) is 4.10. The summed E-state index contributed by atoms with van der Waals surface area (Å²) >= 11 is 1.09. The van der Waals surface area contributed by atoms with Gasteiger partial charge in [-0.2, -0.15) is 18.3 Å². The minimum Gasteiger partial charge on any atom is -0.272 e. The molecule has 0 aliphatic heterocycles. The van der Waals surface area contributed by atoms with Gasteiger partial charge in [-0.3, -0.25) is 9.89 Å². The van der Waals surface area contributed by atoms with E-state index in [0.717, 1.165) is 41.7 Å². The molecule has 0 aliphatic rings. The number of aryl methyl sites for hydroxylation is 1. The number of aromatic amines is 1. The summed E-state index contributed by atoms with van der Waals surface area (Å²) in [4.78, 5) is 17.2. The second-order valence-corrected chi connectivity index (χ2v) is 7.45. The zero-order valence-electron chi connectivity index (χ0n) is 16.6. The maximum absolute atomic E-state index is 13.2. The number of carbonyl (C=O) groups excluding carboxylic acids is 1. The Balaban J connectivity index is 1.82. The number of nitrogens with zero attached hydrogens (tertiary/aromatic N) is 4. The lowest BCUT2D eigenvalue weighted by atomic mass is 10.2. The molecule has 162 valence electrons. The Morgan fingerprint density at radius 2 is 1.97 bits per heavy atom. The Morgan fingerprint density at radius 3 is 2.68 bits per heavy atom. The molecule has 0 bridgehead atoms. The highest BCUT2D eigenvalue weighted by Crippen LogP contribution is 2.32. The van der Waals surface area contributed by atoms with Crippen molar-refractivity contribution in [2.24, 2.45) is 5.10 Å². The van der Waals surface area contributed by atoms with E-state index in [-0.39, 0.29) is 11.4 Å². The van der Waals surface area contributed by atoms with Crippen LogP contribution in [-0.4, -0.2) is 33.1 Å². The highest BCUT2D eigenvalue weighted by Gasteiger charge is 2.31. The Hall–Kier alpha value is -3.14. The van der Waals surface area contributed by atoms with Crippen molar-refractivity contribution in [2.45, 2.75) is 31.1 Å². The van der Waals surface area contributed by atoms with Crippen LogP contribution in [0.1, 0.15) is 30.3 Å². The highest BCUT2D eigenvalue weighted by molar-refractivity contribution is 7.99. The predicted octanol–water partition coefficient (Wildman–Crippen LogP) is 4.94. The minimum atomic E-state index is -4.53. The summed E-state index contributed by atoms with van der Waals surface area (Å²) in [5, 5.41) is 12.4. The topological polar surface area (TPSA) is 74.2 Å². The molecule has 0 saturated carbocycles. The molecule has 3 rings (SSSR count). The molecule has 1 amide bonds. The number of hydrogen-bond acceptors (Lipinski definition) is 5. The Kier molecular flexibility index (Phi) is 7.45. The molecule has 3 aromatic rings. The van der Waals surface area contributed by atoms with E-state index in [4.69, 9.17) is 0 Å². The molecule has 0 fully saturated rings. The van der Waals surface area contributed by atoms with E-state index in [0.29, 0.717) is 16.5 Å². The summed E-state index contributed by atoms with van der Waals surface area (Å²) < 4.78 is 39.5. The summed E-state index contributed by atoms with van der Waals surface area (Å²) in [6, 6.07) is 13.5. The van der Waals surface area contributed by atoms with E-state index in [1.807, 2.05) is 13.0 Å². The number of nitrogens with one attached hydrogen (secondary N) is 1. The second kappa shape index (κ2) is 10.3. The van der Waals surface area contributed by atoms with Gasteiger partial charge in [0.25, 0.3) is 5.91 Å². The van der Waals surface area contributed by atoms with Gasteiger partial charge in [-0.15, -0.1) is 5.10 Å². The lowest BCUT2D eigenvalue weighted by Crippen LogP contribution is -2.28. The maximum atomic E-state index is 13.2. The number of halogens is 3. The first-order valence-electron chi connectivity index (χ1n) is 9.50. The van der Waals surface area contributed by atoms with Crippen molar-refractivity contribution in [3.8, 4) is 0 Å². The number of alkyl halides is 3. The van der Waals surface area contributed by atoms with Crippen LogP contribution >= 0.6 is 11.8 Å². The summed E-state index contributed by atoms with van der Waals surface area (Å²) in [5.74, 6) is 0.124. The van der Waals surface area contributed by atoms with Crippen LogP contribution in [0.3, 0.4) is 0 Å². The maximum Gasteiger partial charge on any atom is 0.416 e. The van der Waals surface area contributed by atoms with Gasteiger partial charge in [0.15, 0.2) is 0 Å². The van der Waals surface area contributed by atoms with Crippen LogP contribution in [0.5, 0.6) is 0 Å². The fraction of sp³-hybridized carbons (Fsp3) is 0.238. The van der Waals surface area contributed by atoms with Gasteiger partial charge in [0.2, 0.25) is 5.16 Å². The number of rotatable bonds is 8. The van der Waals surface area contributed by atoms with Crippen LogP contribution in [0.2, 0.25) is 0 Å². The normalized spacial score (nSPS) is 11.7. The second-order valence-electron chi connectivity index (χ2n) is 6.51. The molecule has 2 aromatic carbocycles. The molecule has 1 aromatic heterocycles. The smallest absolute Gasteiger partial charge is 0.272 e. The molecule has 10 heteroatoms. The van der Waals surface area contributed by atoms with Crippen molar-refractivity contribution < 1.29 is 18.0 Å². The zero-order chi connectivity index (χ0) is 22.3. The molecule has 1 N–H and O–H groups in total. The Bertz CT molecular complexity index is 1040. The standard InChI is InChI=1S/C21H20F3N5OS/c1-2-7-18-26-20(28-27-18)31-14-19(30)29(25-13-15-8-4-3-5-9-15)17-11-6-10-16(12-17)21(22,23)24/h3-6,8-13H,2,7,14H2,1H3,(H,26,27,28)/b25-13+. The number of anilines is 1. The summed E-state index contributed by atoms with van der Waals surface area (Å²) in [5.41, 5.74) is -0.129. The van der Waals surface area contributed by atoms with E-state index in [2.05, 4.69) is 20.3 Å². The lowest BCUT2D eigenvalue weighted by Gasteiger charge is -2.18. The highest BCUT2D eigenvalue weighted by atomic mass is 32.2. The van der Waals surface area contributed by atoms with E-state index < -0.39 is 17.6 Å². The molecular formula is C21H20F3N5OS. The van der Waals surface area contributed by atoms with Gasteiger partial charge in [-0.05, 0) is 30.2 Å². The number of benzene rings is 2. The zero-order valence-corrected chi connectivity index (χ0v) is 17.5. The van der Waals surface area contributed by atoms with Gasteiger partial charge in [0.05, 0.1) is 23.2 Å². The predicted molar refractivity (Wildman–Crippen MR) is 114 cm³/mol. The third kappa shape index (κ3) is 6.42. The van der Waals surface area contributed by atoms with Crippen LogP contribution in [0.15, 0.2) is 64.9 Å². The monoisotopic (exact) mass is 447 g/mol. The molecule has 0 unspecified atom stereocenters. The van der Waals surface area contributed by atoms with Gasteiger partial charge >= 0.3 is 6.18 Å². The van der Waals surface area contributed by atoms with Crippen LogP contribution in [0.25, 0.3) is 0 Å². The first-order valence-corrected chi connectivity index (χ1v) is 10.5. The number of hydrogen-bond donors (Lipinski definition) is 1. The molecule has 1 heterocycles. The SMILES string of the molecule is CCCc1nc(SCC(=O)N(/N=C/c2ccccc2)c2cccc(C(F)(F)F)c2)n[nH]1. The number of hydrazone groups is 1. The van der Waals surface area contributed by atoms with E-state index in [1.54, 1.807) is 24.3 Å². The van der Waals surface area contributed by atoms with E-state index in [1.165, 1.54) is 18.3 Å². The number of amides is 1. The average molecular weight is 447 g/mol. The van der Waals surface area contributed by atoms with Gasteiger partial charge in [0.1, 0.15) is 5.82 Å². The van der Waals surface area contributed by atoms with Crippen LogP contribution in [0.4, 0.5) is 18.9 Å². The first-order chi connectivity index (χ1) is 14.9. The van der Waals surface area contributed by atoms with Gasteiger partial charge in [0, 0.05) is 6.42 Å². The van der Waals surface area contributed by atoms with Gasteiger partial charge in [-0.25, -0.2) is 9.99 Å². The third-order valence-corrected chi connectivity index (χ3v) is 4.93. The van der Waals surface area contributed by atoms with Gasteiger partial charge in [-0.1, -0.05) is 55.1 Å². The first kappa shape index (κ1) is 22.5. The van der Waals surface area contributed by atoms with Crippen molar-refractivity contribution >= 4 is 29.6 Å². The summed E-state index contributed by atoms with van der Waals surface area (Å²) in [7, 11) is 0. The van der Waals surface area contributed by atoms with Crippen molar-refractivity contribution in [2.75, 3.05) is 10.8 Å². The quantitative estimate of drug-likeness (QED) is 0.302. The van der Waals surface area contributed by atoms with Crippen LogP contribution < -0.4 is 5.01 Å². The number of thioether (sulfide) groups is 1. The molecule has 31 heavy (non-hydrogen) atoms. The number of aromatic nitrogens is 3. The van der Waals surface area contributed by atoms with E-state index in [9.17, 15) is 18.0 Å². The fourth-order valence-electron chi connectivity index (χ4n) is 2.63. The van der Waals surface area contributed by atoms with Gasteiger partial charge < -0.3 is 0 Å². The largest absolute Gasteiger partial charge is 0.416 e. The number of carbonyl (C=O) groups is 1. The molecular weight excluding hydrogens is 427 g/mol. The summed E-state index contributed by atoms with van der Waals surface area (Å²) in [6.45, 7) is 2.01. The van der Waals surface area contributed by atoms with Crippen molar-refractivity contribution in [3.63, 3.8) is 0 Å². The van der Waals surface area contributed by atoms with Crippen molar-refractivity contribution in [1.29, 1.82) is 0 Å². The Labute approximate surface area is 181 Å². The lowest BCUT2D eigenvalue weighted by molar-refractivity contribution is -0.137. The minimum absolute atomic E-state index is 0.0225. The summed E-state index contributed by atoms with van der Waals surface area (Å²) in [6.07, 6.45) is -1.47. The number of H-pyrrole nitrogens is 1. The molecule has 0 aliphatic carbocycles. The molecule has 0 spiro atoms. The fourth-order valence-corrected chi connectivity index (χ4v) is 3.29. The van der Waals surface area contributed by atoms with Crippen LogP contribution in [0, 0.1) is 0 Å². The average Bonchev–Trinajstić information content (AvgIpc) is 3.20. The van der Waals surface area contributed by atoms with Crippen molar-refractivity contribution in [3.05, 3.63) is 71.5 Å².